The number of aromatic hydroxyl groups is 1. The quantitative estimate of drug-likeness (QED) is 0.817. The molecule has 0 amide bonds. The average molecular weight is 319 g/mol. The second-order valence-corrected chi connectivity index (χ2v) is 5.60. The van der Waals surface area contributed by atoms with Gasteiger partial charge in [-0.25, -0.2) is 4.98 Å². The van der Waals surface area contributed by atoms with Crippen LogP contribution in [0.3, 0.4) is 0 Å². The summed E-state index contributed by atoms with van der Waals surface area (Å²) in [5, 5.41) is 18.2. The molecule has 7 heteroatoms. The van der Waals surface area contributed by atoms with E-state index in [0.29, 0.717) is 15.8 Å². The molecule has 2 aromatic rings. The molecule has 4 nitrogen and oxygen atoms in total. The molecule has 0 saturated carbocycles. The number of phenols is 1. The standard InChI is InChI=1S/C9H5BrClN3OS/c10-8-4-12-9(16-8)14-13-6-3-5(11)1-2-7(6)15/h1-4,15H. The van der Waals surface area contributed by atoms with Gasteiger partial charge in [-0.15, -0.1) is 10.2 Å². The van der Waals surface area contributed by atoms with E-state index in [1.165, 1.54) is 23.5 Å². The number of phenolic OH excluding ortho intramolecular Hbond substituents is 1. The van der Waals surface area contributed by atoms with Gasteiger partial charge in [0, 0.05) is 5.02 Å². The molecular formula is C9H5BrClN3OS. The van der Waals surface area contributed by atoms with Crippen molar-refractivity contribution in [3.8, 4) is 5.75 Å². The van der Waals surface area contributed by atoms with Gasteiger partial charge in [0.15, 0.2) is 0 Å². The van der Waals surface area contributed by atoms with E-state index >= 15 is 0 Å². The highest BCUT2D eigenvalue weighted by Gasteiger charge is 2.01. The normalized spacial score (nSPS) is 11.1. The van der Waals surface area contributed by atoms with Gasteiger partial charge < -0.3 is 5.11 Å². The Hall–Kier alpha value is -0.980. The Morgan fingerprint density at radius 1 is 1.38 bits per heavy atom. The number of thiazole rings is 1. The summed E-state index contributed by atoms with van der Waals surface area (Å²) in [5.74, 6) is 0.0313. The van der Waals surface area contributed by atoms with E-state index in [1.807, 2.05) is 0 Å². The molecule has 1 aromatic heterocycles. The van der Waals surface area contributed by atoms with Crippen molar-refractivity contribution in [2.45, 2.75) is 0 Å². The molecule has 1 aromatic carbocycles. The van der Waals surface area contributed by atoms with Crippen molar-refractivity contribution in [2.75, 3.05) is 0 Å². The van der Waals surface area contributed by atoms with E-state index in [0.717, 1.165) is 3.79 Å². The smallest absolute Gasteiger partial charge is 0.230 e. The molecule has 0 unspecified atom stereocenters. The highest BCUT2D eigenvalue weighted by atomic mass is 79.9. The van der Waals surface area contributed by atoms with Crippen LogP contribution in [0.15, 0.2) is 38.4 Å². The third kappa shape index (κ3) is 2.78. The van der Waals surface area contributed by atoms with Gasteiger partial charge in [-0.3, -0.25) is 0 Å². The van der Waals surface area contributed by atoms with Crippen molar-refractivity contribution in [2.24, 2.45) is 10.2 Å². The number of nitrogens with zero attached hydrogens (tertiary/aromatic N) is 3. The summed E-state index contributed by atoms with van der Waals surface area (Å²) in [7, 11) is 0. The minimum absolute atomic E-state index is 0.0313. The molecule has 1 N–H and O–H groups in total. The third-order valence-corrected chi connectivity index (χ3v) is 3.24. The Morgan fingerprint density at radius 3 is 2.88 bits per heavy atom. The lowest BCUT2D eigenvalue weighted by molar-refractivity contribution is 0.476. The first-order valence-electron chi connectivity index (χ1n) is 4.17. The number of hydrogen-bond acceptors (Lipinski definition) is 5. The maximum Gasteiger partial charge on any atom is 0.230 e. The summed E-state index contributed by atoms with van der Waals surface area (Å²) in [4.78, 5) is 3.98. The fourth-order valence-electron chi connectivity index (χ4n) is 0.965. The zero-order valence-corrected chi connectivity index (χ0v) is 10.9. The molecule has 82 valence electrons. The fraction of sp³-hybridized carbons (Fsp3) is 0. The van der Waals surface area contributed by atoms with Crippen LogP contribution in [-0.2, 0) is 0 Å². The van der Waals surface area contributed by atoms with E-state index in [4.69, 9.17) is 11.6 Å². The van der Waals surface area contributed by atoms with Crippen LogP contribution in [0.1, 0.15) is 0 Å². The summed E-state index contributed by atoms with van der Waals surface area (Å²) in [6.07, 6.45) is 1.64. The minimum Gasteiger partial charge on any atom is -0.506 e. The largest absolute Gasteiger partial charge is 0.506 e. The van der Waals surface area contributed by atoms with Crippen LogP contribution >= 0.6 is 38.9 Å². The summed E-state index contributed by atoms with van der Waals surface area (Å²) >= 11 is 10.4. The van der Waals surface area contributed by atoms with Gasteiger partial charge in [0.25, 0.3) is 0 Å². The summed E-state index contributed by atoms with van der Waals surface area (Å²) < 4.78 is 0.872. The number of hydrogen-bond donors (Lipinski definition) is 1. The van der Waals surface area contributed by atoms with Crippen LogP contribution < -0.4 is 0 Å². The van der Waals surface area contributed by atoms with Crippen molar-refractivity contribution < 1.29 is 5.11 Å². The molecule has 16 heavy (non-hydrogen) atoms. The van der Waals surface area contributed by atoms with Crippen LogP contribution in [0.2, 0.25) is 5.02 Å². The number of aromatic nitrogens is 1. The van der Waals surface area contributed by atoms with E-state index in [2.05, 4.69) is 31.1 Å². The summed E-state index contributed by atoms with van der Waals surface area (Å²) in [6.45, 7) is 0. The Balaban J connectivity index is 2.26. The van der Waals surface area contributed by atoms with Crippen molar-refractivity contribution >= 4 is 49.7 Å². The van der Waals surface area contributed by atoms with Crippen molar-refractivity contribution in [1.29, 1.82) is 0 Å². The van der Waals surface area contributed by atoms with Crippen LogP contribution in [0, 0.1) is 0 Å². The second kappa shape index (κ2) is 4.90. The minimum atomic E-state index is 0.0313. The third-order valence-electron chi connectivity index (χ3n) is 1.65. The zero-order chi connectivity index (χ0) is 11.5. The first-order valence-corrected chi connectivity index (χ1v) is 6.15. The highest BCUT2D eigenvalue weighted by Crippen LogP contribution is 2.32. The maximum atomic E-state index is 9.48. The Bertz CT molecular complexity index is 543. The molecule has 0 aliphatic heterocycles. The summed E-state index contributed by atoms with van der Waals surface area (Å²) in [5.41, 5.74) is 0.318. The highest BCUT2D eigenvalue weighted by molar-refractivity contribution is 9.11. The van der Waals surface area contributed by atoms with Gasteiger partial charge in [-0.2, -0.15) is 0 Å². The number of azo groups is 1. The lowest BCUT2D eigenvalue weighted by Crippen LogP contribution is -1.68. The Kier molecular flexibility index (Phi) is 3.52. The molecule has 0 saturated heterocycles. The van der Waals surface area contributed by atoms with Gasteiger partial charge in [0.2, 0.25) is 5.13 Å². The predicted molar refractivity (Wildman–Crippen MR) is 67.1 cm³/mol. The van der Waals surface area contributed by atoms with Crippen LogP contribution in [0.25, 0.3) is 0 Å². The van der Waals surface area contributed by atoms with Crippen LogP contribution in [-0.4, -0.2) is 10.1 Å². The molecule has 0 radical (unpaired) electrons. The Morgan fingerprint density at radius 2 is 2.19 bits per heavy atom. The first-order chi connectivity index (χ1) is 7.65. The molecule has 0 fully saturated rings. The molecule has 0 aliphatic carbocycles. The van der Waals surface area contributed by atoms with Crippen molar-refractivity contribution in [1.82, 2.24) is 4.98 Å². The van der Waals surface area contributed by atoms with Crippen LogP contribution in [0.4, 0.5) is 10.8 Å². The first kappa shape index (κ1) is 11.5. The van der Waals surface area contributed by atoms with Gasteiger partial charge in [-0.05, 0) is 34.1 Å². The maximum absolute atomic E-state index is 9.48. The van der Waals surface area contributed by atoms with Crippen molar-refractivity contribution in [3.63, 3.8) is 0 Å². The lowest BCUT2D eigenvalue weighted by Gasteiger charge is -1.96. The lowest BCUT2D eigenvalue weighted by atomic mass is 10.3. The van der Waals surface area contributed by atoms with E-state index in [1.54, 1.807) is 12.3 Å². The van der Waals surface area contributed by atoms with E-state index in [9.17, 15) is 5.11 Å². The molecule has 0 bridgehead atoms. The van der Waals surface area contributed by atoms with Gasteiger partial charge >= 0.3 is 0 Å². The monoisotopic (exact) mass is 317 g/mol. The number of benzene rings is 1. The average Bonchev–Trinajstić information content (AvgIpc) is 2.66. The topological polar surface area (TPSA) is 57.8 Å². The molecule has 2 rings (SSSR count). The number of rotatable bonds is 2. The van der Waals surface area contributed by atoms with Gasteiger partial charge in [0.1, 0.15) is 11.4 Å². The molecular weight excluding hydrogens is 314 g/mol. The van der Waals surface area contributed by atoms with E-state index in [-0.39, 0.29) is 5.75 Å². The fourth-order valence-corrected chi connectivity index (χ4v) is 2.14. The number of halogens is 2. The van der Waals surface area contributed by atoms with Crippen LogP contribution in [0.5, 0.6) is 5.75 Å². The predicted octanol–water partition coefficient (Wildman–Crippen LogP) is 4.68. The van der Waals surface area contributed by atoms with Gasteiger partial charge in [-0.1, -0.05) is 22.9 Å². The zero-order valence-electron chi connectivity index (χ0n) is 7.76. The summed E-state index contributed by atoms with van der Waals surface area (Å²) in [6, 6.07) is 4.58. The van der Waals surface area contributed by atoms with Crippen molar-refractivity contribution in [3.05, 3.63) is 33.2 Å². The Labute approximate surface area is 109 Å². The van der Waals surface area contributed by atoms with Gasteiger partial charge in [0.05, 0.1) is 9.98 Å². The SMILES string of the molecule is Oc1ccc(Cl)cc1N=Nc1ncc(Br)s1. The van der Waals surface area contributed by atoms with E-state index < -0.39 is 0 Å². The molecule has 0 atom stereocenters. The molecule has 1 heterocycles. The second-order valence-electron chi connectivity index (χ2n) is 2.78. The molecule has 0 spiro atoms. The molecule has 0 aliphatic rings.